The lowest BCUT2D eigenvalue weighted by atomic mass is 9.98. The van der Waals surface area contributed by atoms with Crippen molar-refractivity contribution in [1.82, 2.24) is 10.6 Å². The number of hydrogen-bond acceptors (Lipinski definition) is 3. The van der Waals surface area contributed by atoms with Crippen molar-refractivity contribution in [3.05, 3.63) is 28.8 Å². The van der Waals surface area contributed by atoms with E-state index in [1.165, 1.54) is 0 Å². The number of rotatable bonds is 4. The minimum absolute atomic E-state index is 0.127. The maximum Gasteiger partial charge on any atom is 0.255 e. The van der Waals surface area contributed by atoms with Gasteiger partial charge in [-0.25, -0.2) is 0 Å². The number of halogens is 1. The van der Waals surface area contributed by atoms with Gasteiger partial charge in [0.05, 0.1) is 12.7 Å². The van der Waals surface area contributed by atoms with E-state index in [1.807, 2.05) is 0 Å². The summed E-state index contributed by atoms with van der Waals surface area (Å²) in [5.74, 6) is 0.973. The minimum Gasteiger partial charge on any atom is -0.496 e. The van der Waals surface area contributed by atoms with Gasteiger partial charge >= 0.3 is 0 Å². The maximum atomic E-state index is 12.2. The Hall–Kier alpha value is -1.26. The molecule has 0 radical (unpaired) electrons. The van der Waals surface area contributed by atoms with Gasteiger partial charge in [0.15, 0.2) is 0 Å². The van der Waals surface area contributed by atoms with E-state index in [0.717, 1.165) is 25.9 Å². The third-order valence-corrected chi connectivity index (χ3v) is 3.65. The first-order valence-electron chi connectivity index (χ1n) is 6.53. The Balaban J connectivity index is 1.97. The number of methoxy groups -OCH3 is 1. The highest BCUT2D eigenvalue weighted by molar-refractivity contribution is 6.31. The van der Waals surface area contributed by atoms with Crippen LogP contribution in [0.4, 0.5) is 0 Å². The van der Waals surface area contributed by atoms with Gasteiger partial charge in [-0.3, -0.25) is 4.79 Å². The van der Waals surface area contributed by atoms with E-state index >= 15 is 0 Å². The molecule has 0 unspecified atom stereocenters. The average molecular weight is 283 g/mol. The fraction of sp³-hybridized carbons (Fsp3) is 0.500. The highest BCUT2D eigenvalue weighted by atomic mass is 35.5. The zero-order chi connectivity index (χ0) is 13.7. The zero-order valence-electron chi connectivity index (χ0n) is 11.0. The van der Waals surface area contributed by atoms with Crippen molar-refractivity contribution in [1.29, 1.82) is 0 Å². The van der Waals surface area contributed by atoms with E-state index in [4.69, 9.17) is 16.3 Å². The molecule has 1 amide bonds. The molecular formula is C14H19ClN2O2. The van der Waals surface area contributed by atoms with Crippen LogP contribution < -0.4 is 15.4 Å². The summed E-state index contributed by atoms with van der Waals surface area (Å²) in [5.41, 5.74) is 0.490. The fourth-order valence-electron chi connectivity index (χ4n) is 2.28. The van der Waals surface area contributed by atoms with Crippen LogP contribution in [-0.2, 0) is 0 Å². The number of amides is 1. The Morgan fingerprint density at radius 3 is 2.89 bits per heavy atom. The topological polar surface area (TPSA) is 50.4 Å². The fourth-order valence-corrected chi connectivity index (χ4v) is 2.45. The number of benzene rings is 1. The van der Waals surface area contributed by atoms with Crippen LogP contribution in [0.5, 0.6) is 5.75 Å². The average Bonchev–Trinajstić information content (AvgIpc) is 2.46. The second kappa shape index (κ2) is 6.78. The van der Waals surface area contributed by atoms with Crippen molar-refractivity contribution in [3.63, 3.8) is 0 Å². The smallest absolute Gasteiger partial charge is 0.255 e. The van der Waals surface area contributed by atoms with Gasteiger partial charge in [-0.05, 0) is 50.0 Å². The van der Waals surface area contributed by atoms with Gasteiger partial charge in [-0.2, -0.15) is 0 Å². The van der Waals surface area contributed by atoms with Crippen LogP contribution in [0.25, 0.3) is 0 Å². The highest BCUT2D eigenvalue weighted by Gasteiger charge is 2.16. The largest absolute Gasteiger partial charge is 0.496 e. The lowest BCUT2D eigenvalue weighted by Gasteiger charge is -2.22. The second-order valence-electron chi connectivity index (χ2n) is 4.75. The molecule has 0 spiro atoms. The van der Waals surface area contributed by atoms with Crippen LogP contribution >= 0.6 is 11.6 Å². The van der Waals surface area contributed by atoms with Crippen LogP contribution in [-0.4, -0.2) is 32.7 Å². The normalized spacial score (nSPS) is 16.1. The number of ether oxygens (including phenoxy) is 1. The maximum absolute atomic E-state index is 12.2. The van der Waals surface area contributed by atoms with E-state index < -0.39 is 0 Å². The summed E-state index contributed by atoms with van der Waals surface area (Å²) in [6.07, 6.45) is 2.21. The molecule has 1 aliphatic heterocycles. The van der Waals surface area contributed by atoms with Gasteiger partial charge in [0.1, 0.15) is 5.75 Å². The van der Waals surface area contributed by atoms with E-state index in [1.54, 1.807) is 25.3 Å². The summed E-state index contributed by atoms with van der Waals surface area (Å²) in [6, 6.07) is 5.06. The Kier molecular flexibility index (Phi) is 5.05. The van der Waals surface area contributed by atoms with E-state index in [9.17, 15) is 4.79 Å². The molecule has 0 atom stereocenters. The van der Waals surface area contributed by atoms with E-state index in [-0.39, 0.29) is 5.91 Å². The molecule has 1 fully saturated rings. The minimum atomic E-state index is -0.127. The van der Waals surface area contributed by atoms with Gasteiger partial charge in [0.2, 0.25) is 0 Å². The van der Waals surface area contributed by atoms with Crippen molar-refractivity contribution in [3.8, 4) is 5.75 Å². The molecule has 0 aromatic heterocycles. The Labute approximate surface area is 118 Å². The molecule has 0 aliphatic carbocycles. The predicted octanol–water partition coefficient (Wildman–Crippen LogP) is 2.08. The van der Waals surface area contributed by atoms with Gasteiger partial charge in [-0.1, -0.05) is 11.6 Å². The number of hydrogen-bond donors (Lipinski definition) is 2. The molecule has 1 aliphatic rings. The lowest BCUT2D eigenvalue weighted by molar-refractivity contribution is 0.0941. The molecule has 0 saturated carbocycles. The quantitative estimate of drug-likeness (QED) is 0.889. The Morgan fingerprint density at radius 1 is 1.47 bits per heavy atom. The molecular weight excluding hydrogens is 264 g/mol. The van der Waals surface area contributed by atoms with Crippen LogP contribution in [0.3, 0.4) is 0 Å². The van der Waals surface area contributed by atoms with Crippen LogP contribution in [0.15, 0.2) is 18.2 Å². The van der Waals surface area contributed by atoms with Gasteiger partial charge < -0.3 is 15.4 Å². The SMILES string of the molecule is COc1ccc(Cl)cc1C(=O)NCC1CCNCC1. The van der Waals surface area contributed by atoms with Crippen molar-refractivity contribution in [2.24, 2.45) is 5.92 Å². The molecule has 1 aromatic rings. The predicted molar refractivity (Wildman–Crippen MR) is 75.9 cm³/mol. The molecule has 2 N–H and O–H groups in total. The zero-order valence-corrected chi connectivity index (χ0v) is 11.8. The standard InChI is InChI=1S/C14H19ClN2O2/c1-19-13-3-2-11(15)8-12(13)14(18)17-9-10-4-6-16-7-5-10/h2-3,8,10,16H,4-7,9H2,1H3,(H,17,18). The first kappa shape index (κ1) is 14.2. The number of carbonyl (C=O) groups is 1. The molecule has 4 nitrogen and oxygen atoms in total. The van der Waals surface area contributed by atoms with Crippen LogP contribution in [0.1, 0.15) is 23.2 Å². The Bertz CT molecular complexity index is 445. The number of carbonyl (C=O) groups excluding carboxylic acids is 1. The third-order valence-electron chi connectivity index (χ3n) is 3.42. The monoisotopic (exact) mass is 282 g/mol. The van der Waals surface area contributed by atoms with Gasteiger partial charge in [-0.15, -0.1) is 0 Å². The van der Waals surface area contributed by atoms with Crippen molar-refractivity contribution in [2.45, 2.75) is 12.8 Å². The molecule has 5 heteroatoms. The van der Waals surface area contributed by atoms with Crippen molar-refractivity contribution in [2.75, 3.05) is 26.7 Å². The summed E-state index contributed by atoms with van der Waals surface area (Å²) in [4.78, 5) is 12.2. The molecule has 104 valence electrons. The number of nitrogens with one attached hydrogen (secondary N) is 2. The first-order valence-corrected chi connectivity index (χ1v) is 6.91. The third kappa shape index (κ3) is 3.85. The molecule has 1 saturated heterocycles. The van der Waals surface area contributed by atoms with E-state index in [2.05, 4.69) is 10.6 Å². The van der Waals surface area contributed by atoms with Crippen molar-refractivity contribution < 1.29 is 9.53 Å². The molecule has 0 bridgehead atoms. The van der Waals surface area contributed by atoms with E-state index in [0.29, 0.717) is 28.8 Å². The van der Waals surface area contributed by atoms with Gasteiger partial charge in [0.25, 0.3) is 5.91 Å². The summed E-state index contributed by atoms with van der Waals surface area (Å²) in [6.45, 7) is 2.76. The Morgan fingerprint density at radius 2 is 2.21 bits per heavy atom. The summed E-state index contributed by atoms with van der Waals surface area (Å²) in [5, 5.41) is 6.81. The summed E-state index contributed by atoms with van der Waals surface area (Å²) in [7, 11) is 1.55. The summed E-state index contributed by atoms with van der Waals surface area (Å²) >= 11 is 5.92. The summed E-state index contributed by atoms with van der Waals surface area (Å²) < 4.78 is 5.18. The number of piperidine rings is 1. The van der Waals surface area contributed by atoms with Crippen LogP contribution in [0, 0.1) is 5.92 Å². The molecule has 1 aromatic carbocycles. The van der Waals surface area contributed by atoms with Gasteiger partial charge in [0, 0.05) is 11.6 Å². The lowest BCUT2D eigenvalue weighted by Crippen LogP contribution is -2.36. The molecule has 19 heavy (non-hydrogen) atoms. The molecule has 2 rings (SSSR count). The molecule has 1 heterocycles. The second-order valence-corrected chi connectivity index (χ2v) is 5.18. The highest BCUT2D eigenvalue weighted by Crippen LogP contribution is 2.22. The first-order chi connectivity index (χ1) is 9.20. The van der Waals surface area contributed by atoms with Crippen LogP contribution in [0.2, 0.25) is 5.02 Å². The van der Waals surface area contributed by atoms with Crippen molar-refractivity contribution >= 4 is 17.5 Å².